The molecule has 2 atom stereocenters. The molecule has 3 amide bonds. The van der Waals surface area contributed by atoms with Gasteiger partial charge in [-0.3, -0.25) is 4.79 Å². The number of amides is 3. The predicted octanol–water partition coefficient (Wildman–Crippen LogP) is -4.81. The molecule has 0 saturated carbocycles. The summed E-state index contributed by atoms with van der Waals surface area (Å²) < 4.78 is 41.4. The summed E-state index contributed by atoms with van der Waals surface area (Å²) in [6.07, 6.45) is 1.50. The number of urea groups is 1. The molecule has 0 unspecified atom stereocenters. The molecule has 2 rings (SSSR count). The first-order valence-electron chi connectivity index (χ1n) is 5.96. The molecule has 0 aliphatic carbocycles. The fourth-order valence-corrected chi connectivity index (χ4v) is 2.74. The van der Waals surface area contributed by atoms with Crippen LogP contribution < -0.4 is 34.9 Å². The second kappa shape index (κ2) is 7.25. The van der Waals surface area contributed by atoms with Crippen LogP contribution >= 0.6 is 0 Å². The topological polar surface area (TPSA) is 128 Å². The summed E-state index contributed by atoms with van der Waals surface area (Å²) >= 11 is 0. The number of methoxy groups -OCH3 is 1. The molecule has 0 aromatic carbocycles. The Hall–Kier alpha value is -0.690. The van der Waals surface area contributed by atoms with Crippen molar-refractivity contribution in [3.05, 3.63) is 11.6 Å². The van der Waals surface area contributed by atoms with Crippen molar-refractivity contribution in [2.75, 3.05) is 27.3 Å². The van der Waals surface area contributed by atoms with Gasteiger partial charge in [-0.2, -0.15) is 9.35 Å². The summed E-state index contributed by atoms with van der Waals surface area (Å²) in [6.45, 7) is 0.151. The van der Waals surface area contributed by atoms with Crippen LogP contribution in [0.5, 0.6) is 0 Å². The molecule has 22 heavy (non-hydrogen) atoms. The van der Waals surface area contributed by atoms with Crippen LogP contribution in [0.15, 0.2) is 11.6 Å². The van der Waals surface area contributed by atoms with Gasteiger partial charge in [-0.15, -0.1) is 0 Å². The smallest absolute Gasteiger partial charge is 0.724 e. The summed E-state index contributed by atoms with van der Waals surface area (Å²) in [5.41, 5.74) is 0.144. The molecule has 1 fully saturated rings. The van der Waals surface area contributed by atoms with Crippen LogP contribution in [0.4, 0.5) is 4.79 Å². The number of likely N-dealkylation sites (N-methyl/N-ethyl adjacent to an activating group) is 1. The van der Waals surface area contributed by atoms with E-state index in [0.29, 0.717) is 5.06 Å². The minimum Gasteiger partial charge on any atom is -0.724 e. The van der Waals surface area contributed by atoms with Gasteiger partial charge < -0.3 is 19.5 Å². The Balaban J connectivity index is 0.00000242. The van der Waals surface area contributed by atoms with Crippen LogP contribution in [0.1, 0.15) is 0 Å². The number of rotatable bonds is 5. The zero-order valence-electron chi connectivity index (χ0n) is 12.3. The molecular weight excluding hydrogens is 329 g/mol. The van der Waals surface area contributed by atoms with Crippen LogP contribution in [0.3, 0.4) is 0 Å². The van der Waals surface area contributed by atoms with Crippen molar-refractivity contribution < 1.29 is 61.1 Å². The third kappa shape index (κ3) is 3.79. The van der Waals surface area contributed by atoms with Crippen molar-refractivity contribution in [2.24, 2.45) is 0 Å². The van der Waals surface area contributed by atoms with E-state index in [1.54, 1.807) is 0 Å². The number of hydroxylamine groups is 2. The van der Waals surface area contributed by atoms with Gasteiger partial charge in [-0.25, -0.2) is 13.2 Å². The van der Waals surface area contributed by atoms with Crippen molar-refractivity contribution in [3.8, 4) is 0 Å². The van der Waals surface area contributed by atoms with E-state index in [-0.39, 0.29) is 48.3 Å². The first kappa shape index (κ1) is 19.4. The summed E-state index contributed by atoms with van der Waals surface area (Å²) in [4.78, 5) is 25.2. The number of hydrogen-bond acceptors (Lipinski definition) is 7. The Bertz CT molecular complexity index is 593. The van der Waals surface area contributed by atoms with E-state index < -0.39 is 34.4 Å². The summed E-state index contributed by atoms with van der Waals surface area (Å²) in [5.74, 6) is -0.493. The normalized spacial score (nSPS) is 24.0. The molecule has 0 spiro atoms. The van der Waals surface area contributed by atoms with E-state index >= 15 is 0 Å². The largest absolute Gasteiger partial charge is 1.00 e. The fraction of sp³-hybridized carbons (Fsp3) is 0.600. The second-order valence-electron chi connectivity index (χ2n) is 4.48. The number of carbonyl (C=O) groups is 2. The van der Waals surface area contributed by atoms with E-state index in [1.807, 2.05) is 0 Å². The number of fused-ring (bicyclic) bond motifs is 2. The number of nitrogens with zero attached hydrogens (tertiary/aromatic N) is 2. The average Bonchev–Trinajstić information content (AvgIpc) is 2.66. The van der Waals surface area contributed by atoms with Crippen LogP contribution in [0, 0.1) is 0 Å². The van der Waals surface area contributed by atoms with Gasteiger partial charge in [0.2, 0.25) is 16.3 Å². The van der Waals surface area contributed by atoms with Crippen molar-refractivity contribution in [3.63, 3.8) is 0 Å². The van der Waals surface area contributed by atoms with Crippen LogP contribution in [0.2, 0.25) is 0 Å². The average molecular weight is 343 g/mol. The van der Waals surface area contributed by atoms with E-state index in [2.05, 4.69) is 9.60 Å². The maximum absolute atomic E-state index is 12.1. The van der Waals surface area contributed by atoms with E-state index in [4.69, 9.17) is 4.74 Å². The van der Waals surface area contributed by atoms with E-state index in [0.717, 1.165) is 0 Å². The Morgan fingerprint density at radius 2 is 2.18 bits per heavy atom. The van der Waals surface area contributed by atoms with Crippen molar-refractivity contribution in [1.82, 2.24) is 15.3 Å². The van der Waals surface area contributed by atoms with Gasteiger partial charge in [-0.05, 0) is 6.08 Å². The number of nitrogens with one attached hydrogen (secondary N) is 1. The molecule has 1 N–H and O–H groups in total. The molecule has 2 bridgehead atoms. The Morgan fingerprint density at radius 3 is 2.68 bits per heavy atom. The molecule has 2 aliphatic rings. The first-order valence-corrected chi connectivity index (χ1v) is 7.29. The predicted molar refractivity (Wildman–Crippen MR) is 66.3 cm³/mol. The molecule has 118 valence electrons. The third-order valence-corrected chi connectivity index (χ3v) is 3.56. The summed E-state index contributed by atoms with van der Waals surface area (Å²) in [7, 11) is -2.30. The van der Waals surface area contributed by atoms with Gasteiger partial charge >= 0.3 is 35.6 Å². The maximum Gasteiger partial charge on any atom is 1.00 e. The molecule has 2 aliphatic heterocycles. The molecule has 12 heteroatoms. The monoisotopic (exact) mass is 343 g/mol. The van der Waals surface area contributed by atoms with Crippen molar-refractivity contribution in [2.45, 2.75) is 12.1 Å². The zero-order valence-corrected chi connectivity index (χ0v) is 15.1. The molecule has 2 heterocycles. The summed E-state index contributed by atoms with van der Waals surface area (Å²) in [6, 6.07) is -2.32. The molecular formula is C10H14N3NaO7S. The van der Waals surface area contributed by atoms with E-state index in [1.165, 1.54) is 25.1 Å². The standard InChI is InChI=1S/C10H15N3O7S.Na/c1-11-9(14)7-3-6(5-19-2)12-4-8(7)13(10(12)15)20-21(16,17)18;/h3,6,8H,4-5H2,1-2H3,(H,11,14)(H,16,17,18);/q;+1/p-1/t6-,8-;/m0./s1. The van der Waals surface area contributed by atoms with Crippen LogP contribution in [-0.2, 0) is 24.2 Å². The van der Waals surface area contributed by atoms with Crippen LogP contribution in [-0.4, -0.2) is 74.3 Å². The Labute approximate surface area is 149 Å². The number of carbonyl (C=O) groups excluding carboxylic acids is 2. The second-order valence-corrected chi connectivity index (χ2v) is 5.45. The molecule has 0 aromatic heterocycles. The Kier molecular flexibility index (Phi) is 6.38. The van der Waals surface area contributed by atoms with Gasteiger partial charge in [0.25, 0.3) is 0 Å². The first-order chi connectivity index (χ1) is 9.78. The van der Waals surface area contributed by atoms with Gasteiger partial charge in [0.15, 0.2) is 0 Å². The molecule has 10 nitrogen and oxygen atoms in total. The summed E-state index contributed by atoms with van der Waals surface area (Å²) in [5, 5.41) is 2.81. The SMILES string of the molecule is CNC(=O)C1=C[C@@H](COC)N2C[C@@H]1N(OS(=O)(=O)[O-])C2=O.[Na+]. The van der Waals surface area contributed by atoms with Gasteiger partial charge in [-0.1, -0.05) is 0 Å². The maximum atomic E-state index is 12.1. The van der Waals surface area contributed by atoms with Crippen molar-refractivity contribution in [1.29, 1.82) is 0 Å². The molecule has 0 aromatic rings. The zero-order chi connectivity index (χ0) is 15.8. The number of ether oxygens (including phenoxy) is 1. The fourth-order valence-electron chi connectivity index (χ4n) is 2.37. The minimum atomic E-state index is -5.13. The molecule has 1 saturated heterocycles. The minimum absolute atomic E-state index is 0. The van der Waals surface area contributed by atoms with E-state index in [9.17, 15) is 22.6 Å². The van der Waals surface area contributed by atoms with Crippen LogP contribution in [0.25, 0.3) is 0 Å². The van der Waals surface area contributed by atoms with Gasteiger partial charge in [0, 0.05) is 19.7 Å². The van der Waals surface area contributed by atoms with Crippen molar-refractivity contribution >= 4 is 22.3 Å². The Morgan fingerprint density at radius 1 is 1.55 bits per heavy atom. The third-order valence-electron chi connectivity index (χ3n) is 3.22. The molecule has 0 radical (unpaired) electrons. The number of hydrogen-bond donors (Lipinski definition) is 1. The van der Waals surface area contributed by atoms with Gasteiger partial charge in [0.1, 0.15) is 6.04 Å². The quantitative estimate of drug-likeness (QED) is 0.301. The van der Waals surface area contributed by atoms with Gasteiger partial charge in [0.05, 0.1) is 19.2 Å².